The van der Waals surface area contributed by atoms with Gasteiger partial charge in [-0.1, -0.05) is 12.1 Å². The molecule has 0 saturated carbocycles. The predicted octanol–water partition coefficient (Wildman–Crippen LogP) is 2.67. The Labute approximate surface area is 149 Å². The van der Waals surface area contributed by atoms with E-state index in [0.29, 0.717) is 0 Å². The first kappa shape index (κ1) is 17.5. The van der Waals surface area contributed by atoms with Crippen LogP contribution in [0.4, 0.5) is 16.0 Å². The SMILES string of the molecule is O=C(Nc1ncccn1)c1ccccc1NS(=O)(=O)c1ccc(F)cc1. The first-order valence-electron chi connectivity index (χ1n) is 7.41. The second-order valence-electron chi connectivity index (χ2n) is 5.13. The summed E-state index contributed by atoms with van der Waals surface area (Å²) < 4.78 is 40.2. The minimum Gasteiger partial charge on any atom is -0.290 e. The van der Waals surface area contributed by atoms with E-state index in [1.165, 1.54) is 24.5 Å². The third kappa shape index (κ3) is 4.01. The van der Waals surface area contributed by atoms with Crippen molar-refractivity contribution in [3.8, 4) is 0 Å². The van der Waals surface area contributed by atoms with Crippen LogP contribution in [0.1, 0.15) is 10.4 Å². The molecule has 1 aromatic heterocycles. The molecule has 0 aliphatic rings. The fraction of sp³-hybridized carbons (Fsp3) is 0. The van der Waals surface area contributed by atoms with E-state index in [-0.39, 0.29) is 22.1 Å². The summed E-state index contributed by atoms with van der Waals surface area (Å²) in [5.41, 5.74) is 0.163. The average molecular weight is 372 g/mol. The minimum absolute atomic E-state index is 0.0743. The zero-order chi connectivity index (χ0) is 18.6. The lowest BCUT2D eigenvalue weighted by molar-refractivity contribution is 0.102. The molecule has 0 spiro atoms. The lowest BCUT2D eigenvalue weighted by Gasteiger charge is -2.12. The van der Waals surface area contributed by atoms with Gasteiger partial charge in [0.15, 0.2) is 0 Å². The Bertz CT molecular complexity index is 1030. The van der Waals surface area contributed by atoms with E-state index in [1.54, 1.807) is 18.2 Å². The quantitative estimate of drug-likeness (QED) is 0.717. The van der Waals surface area contributed by atoms with Crippen LogP contribution in [-0.2, 0) is 10.0 Å². The number of halogens is 1. The molecule has 26 heavy (non-hydrogen) atoms. The topological polar surface area (TPSA) is 101 Å². The molecular formula is C17H13FN4O3S. The standard InChI is InChI=1S/C17H13FN4O3S/c18-12-6-8-13(9-7-12)26(24,25)22-15-5-2-1-4-14(15)16(23)21-17-19-10-3-11-20-17/h1-11,22H,(H,19,20,21,23). The van der Waals surface area contributed by atoms with Gasteiger partial charge in [0, 0.05) is 12.4 Å². The Kier molecular flexibility index (Phi) is 4.90. The molecule has 0 aliphatic carbocycles. The number of amides is 1. The van der Waals surface area contributed by atoms with Crippen LogP contribution < -0.4 is 10.0 Å². The van der Waals surface area contributed by atoms with Crippen LogP contribution >= 0.6 is 0 Å². The van der Waals surface area contributed by atoms with E-state index < -0.39 is 21.7 Å². The summed E-state index contributed by atoms with van der Waals surface area (Å²) >= 11 is 0. The Hall–Kier alpha value is -3.33. The number of hydrogen-bond donors (Lipinski definition) is 2. The number of para-hydroxylation sites is 1. The smallest absolute Gasteiger partial charge is 0.261 e. The molecule has 0 saturated heterocycles. The first-order chi connectivity index (χ1) is 12.5. The van der Waals surface area contributed by atoms with Crippen molar-refractivity contribution in [1.29, 1.82) is 0 Å². The maximum absolute atomic E-state index is 13.0. The van der Waals surface area contributed by atoms with Crippen molar-refractivity contribution >= 4 is 27.6 Å². The van der Waals surface area contributed by atoms with E-state index >= 15 is 0 Å². The molecule has 3 rings (SSSR count). The Morgan fingerprint density at radius 3 is 2.27 bits per heavy atom. The number of benzene rings is 2. The minimum atomic E-state index is -3.99. The Morgan fingerprint density at radius 1 is 0.923 bits per heavy atom. The monoisotopic (exact) mass is 372 g/mol. The van der Waals surface area contributed by atoms with Gasteiger partial charge in [0.2, 0.25) is 5.95 Å². The number of hydrogen-bond acceptors (Lipinski definition) is 5. The summed E-state index contributed by atoms with van der Waals surface area (Å²) in [7, 11) is -3.99. The van der Waals surface area contributed by atoms with Crippen molar-refractivity contribution in [2.24, 2.45) is 0 Å². The molecule has 2 aromatic carbocycles. The van der Waals surface area contributed by atoms with Crippen molar-refractivity contribution in [3.05, 3.63) is 78.4 Å². The van der Waals surface area contributed by atoms with E-state index in [0.717, 1.165) is 24.3 Å². The second-order valence-corrected chi connectivity index (χ2v) is 6.81. The van der Waals surface area contributed by atoms with Gasteiger partial charge in [-0.25, -0.2) is 22.8 Å². The van der Waals surface area contributed by atoms with Crippen LogP contribution in [0.3, 0.4) is 0 Å². The van der Waals surface area contributed by atoms with Crippen LogP contribution in [0.2, 0.25) is 0 Å². The normalized spacial score (nSPS) is 11.0. The lowest BCUT2D eigenvalue weighted by Crippen LogP contribution is -2.19. The molecular weight excluding hydrogens is 359 g/mol. The van der Waals surface area contributed by atoms with Crippen LogP contribution in [0.5, 0.6) is 0 Å². The maximum Gasteiger partial charge on any atom is 0.261 e. The van der Waals surface area contributed by atoms with Gasteiger partial charge in [0.05, 0.1) is 16.1 Å². The molecule has 0 bridgehead atoms. The summed E-state index contributed by atoms with van der Waals surface area (Å²) in [6.45, 7) is 0. The molecule has 1 heterocycles. The van der Waals surface area contributed by atoms with Gasteiger partial charge in [0.1, 0.15) is 5.82 Å². The highest BCUT2D eigenvalue weighted by Crippen LogP contribution is 2.21. The molecule has 0 radical (unpaired) electrons. The molecule has 1 amide bonds. The zero-order valence-corrected chi connectivity index (χ0v) is 14.1. The number of carbonyl (C=O) groups is 1. The second kappa shape index (κ2) is 7.28. The number of carbonyl (C=O) groups excluding carboxylic acids is 1. The van der Waals surface area contributed by atoms with Gasteiger partial charge in [-0.05, 0) is 42.5 Å². The summed E-state index contributed by atoms with van der Waals surface area (Å²) in [6, 6.07) is 12.0. The maximum atomic E-state index is 13.0. The zero-order valence-electron chi connectivity index (χ0n) is 13.3. The first-order valence-corrected chi connectivity index (χ1v) is 8.90. The number of sulfonamides is 1. The van der Waals surface area contributed by atoms with Gasteiger partial charge < -0.3 is 0 Å². The largest absolute Gasteiger partial charge is 0.290 e. The third-order valence-electron chi connectivity index (χ3n) is 3.33. The molecule has 0 fully saturated rings. The van der Waals surface area contributed by atoms with Crippen molar-refractivity contribution in [2.75, 3.05) is 10.0 Å². The third-order valence-corrected chi connectivity index (χ3v) is 4.71. The number of nitrogens with one attached hydrogen (secondary N) is 2. The molecule has 7 nitrogen and oxygen atoms in total. The van der Waals surface area contributed by atoms with E-state index in [1.807, 2.05) is 0 Å². The van der Waals surface area contributed by atoms with Crippen LogP contribution in [0, 0.1) is 5.82 Å². The molecule has 0 atom stereocenters. The average Bonchev–Trinajstić information content (AvgIpc) is 2.63. The van der Waals surface area contributed by atoms with Gasteiger partial charge >= 0.3 is 0 Å². The van der Waals surface area contributed by atoms with E-state index in [2.05, 4.69) is 20.0 Å². The Morgan fingerprint density at radius 2 is 1.58 bits per heavy atom. The van der Waals surface area contributed by atoms with E-state index in [9.17, 15) is 17.6 Å². The molecule has 2 N–H and O–H groups in total. The summed E-state index contributed by atoms with van der Waals surface area (Å²) in [5.74, 6) is -1.03. The molecule has 132 valence electrons. The van der Waals surface area contributed by atoms with Crippen molar-refractivity contribution in [1.82, 2.24) is 9.97 Å². The van der Waals surface area contributed by atoms with Gasteiger partial charge in [0.25, 0.3) is 15.9 Å². The van der Waals surface area contributed by atoms with Crippen molar-refractivity contribution in [3.63, 3.8) is 0 Å². The Balaban J connectivity index is 1.87. The van der Waals surface area contributed by atoms with Gasteiger partial charge in [-0.3, -0.25) is 14.8 Å². The van der Waals surface area contributed by atoms with Crippen molar-refractivity contribution in [2.45, 2.75) is 4.90 Å². The molecule has 9 heteroatoms. The lowest BCUT2D eigenvalue weighted by atomic mass is 10.2. The summed E-state index contributed by atoms with van der Waals surface area (Å²) in [6.07, 6.45) is 2.93. The van der Waals surface area contributed by atoms with Crippen LogP contribution in [0.25, 0.3) is 0 Å². The number of rotatable bonds is 5. The van der Waals surface area contributed by atoms with Crippen molar-refractivity contribution < 1.29 is 17.6 Å². The number of anilines is 2. The highest BCUT2D eigenvalue weighted by atomic mass is 32.2. The number of nitrogens with zero attached hydrogens (tertiary/aromatic N) is 2. The summed E-state index contributed by atoms with van der Waals surface area (Å²) in [4.78, 5) is 20.1. The number of aromatic nitrogens is 2. The highest BCUT2D eigenvalue weighted by Gasteiger charge is 2.19. The summed E-state index contributed by atoms with van der Waals surface area (Å²) in [5, 5.41) is 2.49. The fourth-order valence-electron chi connectivity index (χ4n) is 2.12. The molecule has 0 unspecified atom stereocenters. The van der Waals surface area contributed by atoms with E-state index in [4.69, 9.17) is 0 Å². The molecule has 0 aliphatic heterocycles. The van der Waals surface area contributed by atoms with Gasteiger partial charge in [-0.2, -0.15) is 0 Å². The highest BCUT2D eigenvalue weighted by molar-refractivity contribution is 7.92. The fourth-order valence-corrected chi connectivity index (χ4v) is 3.20. The molecule has 3 aromatic rings. The predicted molar refractivity (Wildman–Crippen MR) is 93.6 cm³/mol. The van der Waals surface area contributed by atoms with Gasteiger partial charge in [-0.15, -0.1) is 0 Å². The van der Waals surface area contributed by atoms with Crippen LogP contribution in [-0.4, -0.2) is 24.3 Å². The van der Waals surface area contributed by atoms with Crippen LogP contribution in [0.15, 0.2) is 71.9 Å².